The number of rotatable bonds is 5. The maximum absolute atomic E-state index is 6.66. The van der Waals surface area contributed by atoms with Crippen LogP contribution < -0.4 is 0 Å². The normalized spacial score (nSPS) is 11.9. The molecule has 5 nitrogen and oxygen atoms in total. The molecule has 12 aromatic rings. The summed E-state index contributed by atoms with van der Waals surface area (Å²) in [6.45, 7) is 0. The van der Waals surface area contributed by atoms with Gasteiger partial charge in [0, 0.05) is 70.2 Å². The highest BCUT2D eigenvalue weighted by atomic mass is 32.1. The lowest BCUT2D eigenvalue weighted by molar-refractivity contribution is 0.668. The molecule has 0 fully saturated rings. The molecule has 4 heterocycles. The summed E-state index contributed by atoms with van der Waals surface area (Å²) in [5, 5.41) is 6.99. The van der Waals surface area contributed by atoms with Crippen molar-refractivity contribution in [3.8, 4) is 51.0 Å². The molecule has 12 rings (SSSR count). The largest absolute Gasteiger partial charge is 0.456 e. The Hall–Kier alpha value is -7.41. The Morgan fingerprint density at radius 1 is 0.386 bits per heavy atom. The van der Waals surface area contributed by atoms with Crippen molar-refractivity contribution in [2.75, 3.05) is 0 Å². The quantitative estimate of drug-likeness (QED) is 0.176. The predicted octanol–water partition coefficient (Wildman–Crippen LogP) is 13.9. The number of para-hydroxylation sites is 2. The number of benzene rings is 8. The molecule has 0 saturated heterocycles. The lowest BCUT2D eigenvalue weighted by atomic mass is 9.97. The van der Waals surface area contributed by atoms with E-state index in [4.69, 9.17) is 19.4 Å². The van der Waals surface area contributed by atoms with E-state index in [9.17, 15) is 0 Å². The lowest BCUT2D eigenvalue weighted by Crippen LogP contribution is -2.00. The van der Waals surface area contributed by atoms with Gasteiger partial charge in [-0.2, -0.15) is 0 Å². The molecular formula is C51H30N4OS. The number of furan rings is 1. The highest BCUT2D eigenvalue weighted by Gasteiger charge is 2.20. The van der Waals surface area contributed by atoms with Crippen molar-refractivity contribution < 1.29 is 4.42 Å². The van der Waals surface area contributed by atoms with E-state index in [1.54, 1.807) is 11.3 Å². The van der Waals surface area contributed by atoms with E-state index >= 15 is 0 Å². The minimum Gasteiger partial charge on any atom is -0.456 e. The number of fused-ring (bicyclic) bond motifs is 9. The fourth-order valence-corrected chi connectivity index (χ4v) is 9.62. The second-order valence-corrected chi connectivity index (χ2v) is 15.4. The maximum atomic E-state index is 6.66. The number of hydrogen-bond donors (Lipinski definition) is 0. The van der Waals surface area contributed by atoms with Gasteiger partial charge in [-0.1, -0.05) is 127 Å². The fourth-order valence-electron chi connectivity index (χ4n) is 8.50. The van der Waals surface area contributed by atoms with E-state index < -0.39 is 0 Å². The zero-order chi connectivity index (χ0) is 37.5. The number of hydrogen-bond acceptors (Lipinski definition) is 5. The van der Waals surface area contributed by atoms with Crippen LogP contribution in [-0.2, 0) is 0 Å². The predicted molar refractivity (Wildman–Crippen MR) is 236 cm³/mol. The van der Waals surface area contributed by atoms with Crippen molar-refractivity contribution in [3.05, 3.63) is 182 Å². The van der Waals surface area contributed by atoms with Crippen LogP contribution in [0.5, 0.6) is 0 Å². The molecule has 0 spiro atoms. The zero-order valence-electron chi connectivity index (χ0n) is 30.4. The third kappa shape index (κ3) is 5.04. The molecule has 0 N–H and O–H groups in total. The van der Waals surface area contributed by atoms with E-state index in [2.05, 4.69) is 126 Å². The van der Waals surface area contributed by atoms with Crippen LogP contribution in [0.1, 0.15) is 0 Å². The first kappa shape index (κ1) is 31.9. The van der Waals surface area contributed by atoms with Crippen LogP contribution in [0.2, 0.25) is 0 Å². The Balaban J connectivity index is 1.03. The third-order valence-corrected chi connectivity index (χ3v) is 12.2. The average Bonchev–Trinajstić information content (AvgIpc) is 3.96. The molecule has 0 bridgehead atoms. The molecule has 266 valence electrons. The van der Waals surface area contributed by atoms with Gasteiger partial charge in [0.1, 0.15) is 11.2 Å². The van der Waals surface area contributed by atoms with Gasteiger partial charge in [0.25, 0.3) is 0 Å². The number of thiophene rings is 1. The summed E-state index contributed by atoms with van der Waals surface area (Å²) in [6.07, 6.45) is 0. The maximum Gasteiger partial charge on any atom is 0.164 e. The van der Waals surface area contributed by atoms with Crippen LogP contribution in [0, 0.1) is 0 Å². The summed E-state index contributed by atoms with van der Waals surface area (Å²) in [4.78, 5) is 15.2. The van der Waals surface area contributed by atoms with Crippen molar-refractivity contribution in [3.63, 3.8) is 0 Å². The first-order valence-electron chi connectivity index (χ1n) is 19.0. The number of nitrogens with zero attached hydrogens (tertiary/aromatic N) is 4. The van der Waals surface area contributed by atoms with Crippen LogP contribution in [-0.4, -0.2) is 19.5 Å². The molecule has 0 atom stereocenters. The molecule has 0 aliphatic rings. The van der Waals surface area contributed by atoms with Gasteiger partial charge in [0.15, 0.2) is 17.5 Å². The second-order valence-electron chi connectivity index (χ2n) is 14.4. The molecule has 6 heteroatoms. The van der Waals surface area contributed by atoms with E-state index in [0.717, 1.165) is 60.8 Å². The minimum absolute atomic E-state index is 0.650. The van der Waals surface area contributed by atoms with Crippen molar-refractivity contribution >= 4 is 75.3 Å². The van der Waals surface area contributed by atoms with Gasteiger partial charge in [0.2, 0.25) is 0 Å². The van der Waals surface area contributed by atoms with Gasteiger partial charge in [-0.3, -0.25) is 0 Å². The van der Waals surface area contributed by atoms with Crippen molar-refractivity contribution in [1.29, 1.82) is 0 Å². The smallest absolute Gasteiger partial charge is 0.164 e. The monoisotopic (exact) mass is 746 g/mol. The summed E-state index contributed by atoms with van der Waals surface area (Å²) < 4.78 is 11.4. The van der Waals surface area contributed by atoms with E-state index in [-0.39, 0.29) is 0 Å². The summed E-state index contributed by atoms with van der Waals surface area (Å²) >= 11 is 1.79. The Morgan fingerprint density at radius 2 is 1.02 bits per heavy atom. The summed E-state index contributed by atoms with van der Waals surface area (Å²) in [7, 11) is 0. The van der Waals surface area contributed by atoms with Gasteiger partial charge in [-0.05, 0) is 59.7 Å². The molecule has 0 aliphatic heterocycles. The number of aromatic nitrogens is 4. The Kier molecular flexibility index (Phi) is 7.03. The van der Waals surface area contributed by atoms with Crippen LogP contribution in [0.25, 0.3) is 115 Å². The molecule has 0 radical (unpaired) electrons. The van der Waals surface area contributed by atoms with Gasteiger partial charge in [0.05, 0.1) is 11.0 Å². The van der Waals surface area contributed by atoms with Crippen LogP contribution in [0.4, 0.5) is 0 Å². The molecule has 0 unspecified atom stereocenters. The van der Waals surface area contributed by atoms with Gasteiger partial charge in [-0.25, -0.2) is 15.0 Å². The molecule has 4 aromatic heterocycles. The third-order valence-electron chi connectivity index (χ3n) is 11.1. The van der Waals surface area contributed by atoms with Crippen LogP contribution in [0.3, 0.4) is 0 Å². The standard InChI is InChI=1S/C51H30N4OS/c1-3-13-31(14-4-1)49-52-50(32-15-5-2-6-16-32)54-51(53-49)39-20-12-24-46-48(39)40-29-33(25-28-45(40)57-46)35-19-11-23-43-47(35)38-27-26-34(30-44(38)56-43)55-41-21-9-7-17-36(41)37-18-8-10-22-42(37)55/h1-30H. The molecule has 0 amide bonds. The summed E-state index contributed by atoms with van der Waals surface area (Å²) in [5.41, 5.74) is 10.3. The first-order valence-corrected chi connectivity index (χ1v) is 19.8. The van der Waals surface area contributed by atoms with Crippen molar-refractivity contribution in [1.82, 2.24) is 19.5 Å². The average molecular weight is 747 g/mol. The Morgan fingerprint density at radius 3 is 1.74 bits per heavy atom. The van der Waals surface area contributed by atoms with E-state index in [1.807, 2.05) is 60.7 Å². The highest BCUT2D eigenvalue weighted by Crippen LogP contribution is 2.44. The topological polar surface area (TPSA) is 56.7 Å². The lowest BCUT2D eigenvalue weighted by Gasteiger charge is -2.10. The zero-order valence-corrected chi connectivity index (χ0v) is 31.2. The van der Waals surface area contributed by atoms with Crippen molar-refractivity contribution in [2.24, 2.45) is 0 Å². The Labute approximate surface area is 330 Å². The summed E-state index contributed by atoms with van der Waals surface area (Å²) in [6, 6.07) is 63.7. The van der Waals surface area contributed by atoms with E-state index in [0.29, 0.717) is 17.5 Å². The minimum atomic E-state index is 0.650. The van der Waals surface area contributed by atoms with Crippen molar-refractivity contribution in [2.45, 2.75) is 0 Å². The van der Waals surface area contributed by atoms with Gasteiger partial charge in [-0.15, -0.1) is 11.3 Å². The Bertz CT molecular complexity index is 3420. The van der Waals surface area contributed by atoms with Crippen LogP contribution >= 0.6 is 11.3 Å². The molecule has 57 heavy (non-hydrogen) atoms. The SMILES string of the molecule is c1ccc(-c2nc(-c3ccccc3)nc(-c3cccc4sc5ccc(-c6cccc7oc8cc(-n9c%10ccccc%10c%10ccccc%109)ccc8c67)cc5c34)n2)cc1. The first-order chi connectivity index (χ1) is 28.2. The molecule has 8 aromatic carbocycles. The van der Waals surface area contributed by atoms with Crippen LogP contribution in [0.15, 0.2) is 186 Å². The fraction of sp³-hybridized carbons (Fsp3) is 0. The molecule has 0 aliphatic carbocycles. The highest BCUT2D eigenvalue weighted by molar-refractivity contribution is 7.26. The molecule has 0 saturated carbocycles. The van der Waals surface area contributed by atoms with E-state index in [1.165, 1.54) is 36.6 Å². The molecular weight excluding hydrogens is 717 g/mol. The summed E-state index contributed by atoms with van der Waals surface area (Å²) in [5.74, 6) is 1.95. The van der Waals surface area contributed by atoms with Gasteiger partial charge < -0.3 is 8.98 Å². The van der Waals surface area contributed by atoms with Gasteiger partial charge >= 0.3 is 0 Å². The second kappa shape index (κ2) is 12.6.